The van der Waals surface area contributed by atoms with Crippen molar-refractivity contribution in [1.82, 2.24) is 0 Å². The topological polar surface area (TPSA) is 18.5 Å². The molecule has 3 heteroatoms. The number of hydrogen-bond donors (Lipinski definition) is 0. The molecule has 0 aliphatic heterocycles. The van der Waals surface area contributed by atoms with Crippen LogP contribution in [0.3, 0.4) is 0 Å². The zero-order valence-electron chi connectivity index (χ0n) is 21.1. The molecule has 0 N–H and O–H groups in total. The van der Waals surface area contributed by atoms with Gasteiger partial charge in [-0.05, 0) is 37.3 Å². The molecule has 0 aliphatic carbocycles. The smallest absolute Gasteiger partial charge is 0.465 e. The number of ether oxygens (including phenoxy) is 2. The molecular formula is C26H48O2W. The van der Waals surface area contributed by atoms with Crippen molar-refractivity contribution >= 4 is 0 Å². The molecule has 0 radical (unpaired) electrons. The van der Waals surface area contributed by atoms with Crippen LogP contribution in [0.4, 0.5) is 0 Å². The maximum Gasteiger partial charge on any atom is 2.00 e. The van der Waals surface area contributed by atoms with Gasteiger partial charge in [-0.25, -0.2) is 0 Å². The number of rotatable bonds is 8. The molecule has 0 bridgehead atoms. The van der Waals surface area contributed by atoms with Crippen LogP contribution in [0.1, 0.15) is 100.0 Å². The van der Waals surface area contributed by atoms with Crippen LogP contribution in [-0.4, -0.2) is 12.4 Å². The molecule has 0 saturated carbocycles. The summed E-state index contributed by atoms with van der Waals surface area (Å²) >= 11 is 0. The van der Waals surface area contributed by atoms with Gasteiger partial charge in [0.1, 0.15) is 5.75 Å². The van der Waals surface area contributed by atoms with E-state index in [0.29, 0.717) is 5.41 Å². The normalized spacial score (nSPS) is 14.3. The zero-order chi connectivity index (χ0) is 21.3. The standard InChI is InChI=1S/C20H33O2.C5H12.CH3.W/c1-8-10-18(9-2)21-16(4)22-19-13-11-17(12-14-19)15(3)20(5,6)7;1-5(2,3)4;;/h11-16,18H,3,8-10H2,1-2,4-7H3;1-4H3;1H3;/q-1;;-1;+2. The van der Waals surface area contributed by atoms with Gasteiger partial charge in [-0.3, -0.25) is 0 Å². The van der Waals surface area contributed by atoms with E-state index in [1.54, 1.807) is 0 Å². The van der Waals surface area contributed by atoms with E-state index in [9.17, 15) is 0 Å². The van der Waals surface area contributed by atoms with Crippen molar-refractivity contribution in [3.05, 3.63) is 44.2 Å². The average molecular weight is 577 g/mol. The third-order valence-electron chi connectivity index (χ3n) is 4.08. The Bertz CT molecular complexity index is 491. The molecule has 29 heavy (non-hydrogen) atoms. The number of hydrogen-bond acceptors (Lipinski definition) is 2. The first-order valence-electron chi connectivity index (χ1n) is 10.5. The van der Waals surface area contributed by atoms with Gasteiger partial charge in [-0.1, -0.05) is 91.8 Å². The summed E-state index contributed by atoms with van der Waals surface area (Å²) in [6.07, 6.45) is 3.30. The van der Waals surface area contributed by atoms with Crippen LogP contribution in [0, 0.1) is 25.2 Å². The van der Waals surface area contributed by atoms with Crippen LogP contribution in [0.25, 0.3) is 0 Å². The predicted molar refractivity (Wildman–Crippen MR) is 126 cm³/mol. The van der Waals surface area contributed by atoms with Crippen LogP contribution < -0.4 is 4.74 Å². The van der Waals surface area contributed by atoms with Gasteiger partial charge >= 0.3 is 21.1 Å². The van der Waals surface area contributed by atoms with E-state index >= 15 is 0 Å². The van der Waals surface area contributed by atoms with E-state index in [1.807, 2.05) is 19.1 Å². The van der Waals surface area contributed by atoms with Gasteiger partial charge in [0.2, 0.25) is 0 Å². The van der Waals surface area contributed by atoms with Crippen LogP contribution in [-0.2, 0) is 25.8 Å². The molecule has 1 rings (SSSR count). The summed E-state index contributed by atoms with van der Waals surface area (Å²) in [6, 6.07) is 8.24. The van der Waals surface area contributed by atoms with E-state index in [-0.39, 0.29) is 52.2 Å². The fraction of sp³-hybridized carbons (Fsp3) is 0.692. The van der Waals surface area contributed by atoms with E-state index in [0.717, 1.165) is 25.0 Å². The Morgan fingerprint density at radius 1 is 0.931 bits per heavy atom. The van der Waals surface area contributed by atoms with Gasteiger partial charge in [0.05, 0.1) is 6.10 Å². The van der Waals surface area contributed by atoms with Crippen LogP contribution >= 0.6 is 0 Å². The SMILES string of the molecule is CC(C)(C)C.[CH2-]C(c1ccc(OC(C)OC(CC)CCC)cc1)C(C)(C)C.[CH3-].[W+2]. The van der Waals surface area contributed by atoms with Crippen molar-refractivity contribution in [2.24, 2.45) is 10.8 Å². The van der Waals surface area contributed by atoms with E-state index in [2.05, 4.69) is 81.4 Å². The Morgan fingerprint density at radius 3 is 1.72 bits per heavy atom. The first kappa shape index (κ1) is 33.3. The predicted octanol–water partition coefficient (Wildman–Crippen LogP) is 8.47. The van der Waals surface area contributed by atoms with Crippen molar-refractivity contribution in [3.8, 4) is 5.75 Å². The molecule has 0 heterocycles. The van der Waals surface area contributed by atoms with Crippen LogP contribution in [0.15, 0.2) is 24.3 Å². The van der Waals surface area contributed by atoms with Gasteiger partial charge in [-0.2, -0.15) is 0 Å². The summed E-state index contributed by atoms with van der Waals surface area (Å²) in [7, 11) is 0. The summed E-state index contributed by atoms with van der Waals surface area (Å²) in [5.41, 5.74) is 1.90. The third-order valence-corrected chi connectivity index (χ3v) is 4.08. The molecule has 0 aromatic heterocycles. The van der Waals surface area contributed by atoms with Crippen molar-refractivity contribution < 1.29 is 30.5 Å². The first-order valence-corrected chi connectivity index (χ1v) is 10.5. The molecule has 1 aromatic rings. The monoisotopic (exact) mass is 576 g/mol. The zero-order valence-corrected chi connectivity index (χ0v) is 24.0. The molecule has 0 aliphatic rings. The molecule has 3 unspecified atom stereocenters. The largest absolute Gasteiger partial charge is 2.00 e. The molecule has 0 spiro atoms. The van der Waals surface area contributed by atoms with E-state index < -0.39 is 0 Å². The second-order valence-electron chi connectivity index (χ2n) is 10.1. The van der Waals surface area contributed by atoms with Crippen LogP contribution in [0.2, 0.25) is 0 Å². The second-order valence-corrected chi connectivity index (χ2v) is 10.1. The molecule has 3 atom stereocenters. The fourth-order valence-corrected chi connectivity index (χ4v) is 2.46. The Labute approximate surface area is 197 Å². The molecule has 0 saturated heterocycles. The summed E-state index contributed by atoms with van der Waals surface area (Å²) < 4.78 is 11.8. The Hall–Kier alpha value is -0.332. The minimum absolute atomic E-state index is 0. The third kappa shape index (κ3) is 17.1. The second kappa shape index (κ2) is 15.5. The molecular weight excluding hydrogens is 528 g/mol. The quantitative estimate of drug-likeness (QED) is 0.228. The van der Waals surface area contributed by atoms with Crippen LogP contribution in [0.5, 0.6) is 5.75 Å². The van der Waals surface area contributed by atoms with Gasteiger partial charge in [-0.15, -0.1) is 5.92 Å². The van der Waals surface area contributed by atoms with Gasteiger partial charge < -0.3 is 23.8 Å². The summed E-state index contributed by atoms with van der Waals surface area (Å²) in [6.45, 7) is 26.0. The van der Waals surface area contributed by atoms with Crippen molar-refractivity contribution in [3.63, 3.8) is 0 Å². The van der Waals surface area contributed by atoms with Gasteiger partial charge in [0, 0.05) is 0 Å². The summed E-state index contributed by atoms with van der Waals surface area (Å²) in [5, 5.41) is 0. The van der Waals surface area contributed by atoms with E-state index in [1.165, 1.54) is 5.56 Å². The maximum atomic E-state index is 5.94. The molecule has 170 valence electrons. The Kier molecular flexibility index (Phi) is 17.8. The maximum absolute atomic E-state index is 5.94. The first-order chi connectivity index (χ1) is 12.3. The summed E-state index contributed by atoms with van der Waals surface area (Å²) in [4.78, 5) is 0. The van der Waals surface area contributed by atoms with Crippen molar-refractivity contribution in [2.45, 2.75) is 107 Å². The van der Waals surface area contributed by atoms with Crippen molar-refractivity contribution in [1.29, 1.82) is 0 Å². The van der Waals surface area contributed by atoms with Crippen molar-refractivity contribution in [2.75, 3.05) is 0 Å². The fourth-order valence-electron chi connectivity index (χ4n) is 2.46. The minimum Gasteiger partial charge on any atom is -0.465 e. The van der Waals surface area contributed by atoms with Gasteiger partial charge in [0.15, 0.2) is 6.29 Å². The number of benzene rings is 1. The van der Waals surface area contributed by atoms with E-state index in [4.69, 9.17) is 9.47 Å². The molecule has 1 aromatic carbocycles. The average Bonchev–Trinajstić information content (AvgIpc) is 2.52. The molecule has 0 fully saturated rings. The minimum atomic E-state index is -0.222. The Morgan fingerprint density at radius 2 is 1.38 bits per heavy atom. The van der Waals surface area contributed by atoms with Gasteiger partial charge in [0.25, 0.3) is 0 Å². The Balaban J connectivity index is -0.000000860. The molecule has 0 amide bonds. The molecule has 2 nitrogen and oxygen atoms in total. The summed E-state index contributed by atoms with van der Waals surface area (Å²) in [5.74, 6) is 1.12.